The number of benzene rings is 1. The number of nitrogens with zero attached hydrogens (tertiary/aromatic N) is 3. The minimum Gasteiger partial charge on any atom is -0.395 e. The fourth-order valence-corrected chi connectivity index (χ4v) is 2.46. The fourth-order valence-electron chi connectivity index (χ4n) is 2.46. The van der Waals surface area contributed by atoms with E-state index in [4.69, 9.17) is 5.11 Å². The molecule has 1 fully saturated rings. The lowest BCUT2D eigenvalue weighted by Gasteiger charge is -2.20. The van der Waals surface area contributed by atoms with Gasteiger partial charge in [0.15, 0.2) is 0 Å². The fraction of sp³-hybridized carbons (Fsp3) is 0.500. The van der Waals surface area contributed by atoms with E-state index in [1.165, 1.54) is 12.1 Å². The molecule has 0 radical (unpaired) electrons. The molecule has 114 valence electrons. The number of nitro groups is 1. The Bertz CT molecular complexity index is 541. The molecule has 1 amide bonds. The van der Waals surface area contributed by atoms with Crippen LogP contribution >= 0.6 is 0 Å². The van der Waals surface area contributed by atoms with Crippen molar-refractivity contribution in [2.24, 2.45) is 0 Å². The molecule has 0 unspecified atom stereocenters. The van der Waals surface area contributed by atoms with E-state index in [1.54, 1.807) is 22.9 Å². The predicted molar refractivity (Wildman–Crippen MR) is 78.6 cm³/mol. The van der Waals surface area contributed by atoms with E-state index >= 15 is 0 Å². The van der Waals surface area contributed by atoms with E-state index in [9.17, 15) is 14.9 Å². The van der Waals surface area contributed by atoms with Gasteiger partial charge in [-0.15, -0.1) is 0 Å². The molecular formula is C14H19N3O4. The molecule has 2 rings (SSSR count). The highest BCUT2D eigenvalue weighted by Gasteiger charge is 2.27. The lowest BCUT2D eigenvalue weighted by atomic mass is 10.1. The third kappa shape index (κ3) is 3.30. The number of likely N-dealkylation sites (N-methyl/N-ethyl adjacent to an activating group) is 1. The van der Waals surface area contributed by atoms with Gasteiger partial charge < -0.3 is 14.9 Å². The zero-order valence-corrected chi connectivity index (χ0v) is 12.0. The topological polar surface area (TPSA) is 86.9 Å². The standard InChI is InChI=1S/C14H19N3O4/c1-15(8-9-18)11-4-5-13(17(20)21)12(10-11)14(19)16-6-2-3-7-16/h4-5,10,18H,2-3,6-9H2,1H3. The number of likely N-dealkylation sites (tertiary alicyclic amines) is 1. The minimum absolute atomic E-state index is 0.0249. The van der Waals surface area contributed by atoms with Crippen molar-refractivity contribution in [2.75, 3.05) is 38.2 Å². The molecule has 0 atom stereocenters. The first-order chi connectivity index (χ1) is 10.0. The van der Waals surface area contributed by atoms with Gasteiger partial charge in [-0.05, 0) is 25.0 Å². The number of aliphatic hydroxyl groups is 1. The molecule has 0 aromatic heterocycles. The number of rotatable bonds is 5. The number of hydrogen-bond acceptors (Lipinski definition) is 5. The molecule has 1 aromatic rings. The second-order valence-corrected chi connectivity index (χ2v) is 5.10. The van der Waals surface area contributed by atoms with E-state index < -0.39 is 4.92 Å². The van der Waals surface area contributed by atoms with Gasteiger partial charge in [-0.25, -0.2) is 0 Å². The average molecular weight is 293 g/mol. The molecule has 7 nitrogen and oxygen atoms in total. The molecule has 0 bridgehead atoms. The molecule has 21 heavy (non-hydrogen) atoms. The molecule has 1 aliphatic rings. The van der Waals surface area contributed by atoms with Crippen LogP contribution in [0.4, 0.5) is 11.4 Å². The summed E-state index contributed by atoms with van der Waals surface area (Å²) in [6.07, 6.45) is 1.87. The summed E-state index contributed by atoms with van der Waals surface area (Å²) in [5, 5.41) is 20.1. The van der Waals surface area contributed by atoms with Gasteiger partial charge in [0.1, 0.15) is 5.56 Å². The third-order valence-corrected chi connectivity index (χ3v) is 3.68. The van der Waals surface area contributed by atoms with Crippen LogP contribution in [0.1, 0.15) is 23.2 Å². The van der Waals surface area contributed by atoms with Crippen LogP contribution in [-0.2, 0) is 0 Å². The van der Waals surface area contributed by atoms with Crippen molar-refractivity contribution < 1.29 is 14.8 Å². The number of hydrogen-bond donors (Lipinski definition) is 1. The second-order valence-electron chi connectivity index (χ2n) is 5.10. The maximum Gasteiger partial charge on any atom is 0.282 e. The summed E-state index contributed by atoms with van der Waals surface area (Å²) in [7, 11) is 1.77. The summed E-state index contributed by atoms with van der Waals surface area (Å²) in [5.41, 5.74) is 0.620. The smallest absolute Gasteiger partial charge is 0.282 e. The summed E-state index contributed by atoms with van der Waals surface area (Å²) in [4.78, 5) is 26.5. The van der Waals surface area contributed by atoms with Crippen molar-refractivity contribution in [1.29, 1.82) is 0 Å². The van der Waals surface area contributed by atoms with Crippen LogP contribution in [0.3, 0.4) is 0 Å². The maximum atomic E-state index is 12.5. The Hall–Kier alpha value is -2.15. The van der Waals surface area contributed by atoms with E-state index in [0.717, 1.165) is 12.8 Å². The average Bonchev–Trinajstić information content (AvgIpc) is 3.00. The minimum atomic E-state index is -0.529. The molecule has 1 saturated heterocycles. The molecular weight excluding hydrogens is 274 g/mol. The van der Waals surface area contributed by atoms with Gasteiger partial charge in [-0.1, -0.05) is 0 Å². The third-order valence-electron chi connectivity index (χ3n) is 3.68. The maximum absolute atomic E-state index is 12.5. The summed E-state index contributed by atoms with van der Waals surface area (Å²) < 4.78 is 0. The first-order valence-corrected chi connectivity index (χ1v) is 6.94. The van der Waals surface area contributed by atoms with Gasteiger partial charge in [0.2, 0.25) is 0 Å². The largest absolute Gasteiger partial charge is 0.395 e. The van der Waals surface area contributed by atoms with Crippen LogP contribution in [0, 0.1) is 10.1 Å². The van der Waals surface area contributed by atoms with Crippen LogP contribution in [0.15, 0.2) is 18.2 Å². The Morgan fingerprint density at radius 3 is 2.67 bits per heavy atom. The van der Waals surface area contributed by atoms with Gasteiger partial charge in [0, 0.05) is 38.4 Å². The van der Waals surface area contributed by atoms with E-state index in [1.807, 2.05) is 0 Å². The number of carbonyl (C=O) groups excluding carboxylic acids is 1. The zero-order chi connectivity index (χ0) is 15.4. The number of amides is 1. The van der Waals surface area contributed by atoms with E-state index in [-0.39, 0.29) is 23.8 Å². The molecule has 1 aliphatic heterocycles. The number of aliphatic hydroxyl groups excluding tert-OH is 1. The van der Waals surface area contributed by atoms with Crippen LogP contribution < -0.4 is 4.90 Å². The number of nitro benzene ring substituents is 1. The van der Waals surface area contributed by atoms with Crippen molar-refractivity contribution in [2.45, 2.75) is 12.8 Å². The normalized spacial score (nSPS) is 14.3. The Morgan fingerprint density at radius 1 is 1.43 bits per heavy atom. The number of anilines is 1. The van der Waals surface area contributed by atoms with Crippen molar-refractivity contribution >= 4 is 17.3 Å². The van der Waals surface area contributed by atoms with E-state index in [2.05, 4.69) is 0 Å². The molecule has 1 N–H and O–H groups in total. The van der Waals surface area contributed by atoms with Crippen molar-refractivity contribution in [3.63, 3.8) is 0 Å². The Kier molecular flexibility index (Phi) is 4.74. The van der Waals surface area contributed by atoms with Crippen LogP contribution in [0.5, 0.6) is 0 Å². The Balaban J connectivity index is 2.36. The highest BCUT2D eigenvalue weighted by Crippen LogP contribution is 2.27. The van der Waals surface area contributed by atoms with Crippen LogP contribution in [0.25, 0.3) is 0 Å². The first-order valence-electron chi connectivity index (χ1n) is 6.94. The second kappa shape index (κ2) is 6.53. The highest BCUT2D eigenvalue weighted by molar-refractivity contribution is 5.99. The molecule has 0 saturated carbocycles. The van der Waals surface area contributed by atoms with Crippen LogP contribution in [-0.4, -0.2) is 54.1 Å². The molecule has 1 heterocycles. The van der Waals surface area contributed by atoms with Crippen molar-refractivity contribution in [3.05, 3.63) is 33.9 Å². The van der Waals surface area contributed by atoms with Crippen molar-refractivity contribution in [1.82, 2.24) is 4.90 Å². The number of carbonyl (C=O) groups is 1. The van der Waals surface area contributed by atoms with Gasteiger partial charge in [-0.3, -0.25) is 14.9 Å². The Morgan fingerprint density at radius 2 is 2.10 bits per heavy atom. The molecule has 0 spiro atoms. The van der Waals surface area contributed by atoms with Gasteiger partial charge >= 0.3 is 0 Å². The monoisotopic (exact) mass is 293 g/mol. The first kappa shape index (κ1) is 15.2. The molecule has 7 heteroatoms. The molecule has 1 aromatic carbocycles. The highest BCUT2D eigenvalue weighted by atomic mass is 16.6. The van der Waals surface area contributed by atoms with Gasteiger partial charge in [0.25, 0.3) is 11.6 Å². The summed E-state index contributed by atoms with van der Waals surface area (Å²) in [5.74, 6) is -0.293. The lowest BCUT2D eigenvalue weighted by molar-refractivity contribution is -0.385. The van der Waals surface area contributed by atoms with E-state index in [0.29, 0.717) is 25.3 Å². The summed E-state index contributed by atoms with van der Waals surface area (Å²) in [6.45, 7) is 1.66. The molecule has 0 aliphatic carbocycles. The van der Waals surface area contributed by atoms with Gasteiger partial charge in [0.05, 0.1) is 11.5 Å². The SMILES string of the molecule is CN(CCO)c1ccc([N+](=O)[O-])c(C(=O)N2CCCC2)c1. The van der Waals surface area contributed by atoms with Crippen molar-refractivity contribution in [3.8, 4) is 0 Å². The Labute approximate surface area is 122 Å². The zero-order valence-electron chi connectivity index (χ0n) is 12.0. The quantitative estimate of drug-likeness (QED) is 0.652. The summed E-state index contributed by atoms with van der Waals surface area (Å²) in [6, 6.07) is 4.48. The lowest BCUT2D eigenvalue weighted by Crippen LogP contribution is -2.29. The van der Waals surface area contributed by atoms with Crippen LogP contribution in [0.2, 0.25) is 0 Å². The van der Waals surface area contributed by atoms with Gasteiger partial charge in [-0.2, -0.15) is 0 Å². The predicted octanol–water partition coefficient (Wildman–Crippen LogP) is 1.26. The summed E-state index contributed by atoms with van der Waals surface area (Å²) >= 11 is 0.